The van der Waals surface area contributed by atoms with E-state index in [2.05, 4.69) is 15.8 Å². The Hall–Kier alpha value is -2.44. The van der Waals surface area contributed by atoms with E-state index in [9.17, 15) is 0 Å². The van der Waals surface area contributed by atoms with E-state index in [1.54, 1.807) is 6.21 Å². The van der Waals surface area contributed by atoms with E-state index >= 15 is 0 Å². The summed E-state index contributed by atoms with van der Waals surface area (Å²) in [5.41, 5.74) is 5.98. The summed E-state index contributed by atoms with van der Waals surface area (Å²) in [4.78, 5) is 1.99. The molecule has 2 aromatic rings. The average Bonchev–Trinajstić information content (AvgIpc) is 2.61. The van der Waals surface area contributed by atoms with Crippen molar-refractivity contribution in [3.8, 4) is 0 Å². The van der Waals surface area contributed by atoms with Crippen LogP contribution in [0.2, 0.25) is 0 Å². The van der Waals surface area contributed by atoms with Crippen molar-refractivity contribution in [2.75, 3.05) is 25.1 Å². The molecule has 0 unspecified atom stereocenters. The fourth-order valence-corrected chi connectivity index (χ4v) is 2.20. The third kappa shape index (κ3) is 5.98. The molecule has 0 radical (unpaired) electrons. The van der Waals surface area contributed by atoms with Gasteiger partial charge in [-0.15, -0.1) is 0 Å². The number of hydrazone groups is 1. The van der Waals surface area contributed by atoms with Gasteiger partial charge in [-0.2, -0.15) is 5.10 Å². The van der Waals surface area contributed by atoms with E-state index in [0.29, 0.717) is 18.2 Å². The van der Waals surface area contributed by atoms with Crippen LogP contribution in [0.15, 0.2) is 59.7 Å². The first-order chi connectivity index (χ1) is 11.7. The minimum absolute atomic E-state index is 0.136. The molecular weight excluding hydrogens is 320 g/mol. The highest BCUT2D eigenvalue weighted by atomic mass is 32.1. The Labute approximate surface area is 148 Å². The lowest BCUT2D eigenvalue weighted by molar-refractivity contribution is 0.304. The molecule has 0 bridgehead atoms. The van der Waals surface area contributed by atoms with Crippen LogP contribution in [0.3, 0.4) is 0 Å². The van der Waals surface area contributed by atoms with E-state index in [1.807, 2.05) is 66.5 Å². The number of aliphatic hydroxyl groups is 1. The molecule has 0 aliphatic carbocycles. The third-order valence-electron chi connectivity index (χ3n) is 3.44. The highest BCUT2D eigenvalue weighted by molar-refractivity contribution is 7.80. The largest absolute Gasteiger partial charge is 0.395 e. The van der Waals surface area contributed by atoms with Gasteiger partial charge in [0.15, 0.2) is 5.11 Å². The van der Waals surface area contributed by atoms with Gasteiger partial charge < -0.3 is 15.3 Å². The monoisotopic (exact) mass is 342 g/mol. The molecule has 0 amide bonds. The van der Waals surface area contributed by atoms with Crippen LogP contribution < -0.4 is 15.6 Å². The first kappa shape index (κ1) is 17.9. The van der Waals surface area contributed by atoms with Crippen molar-refractivity contribution in [3.63, 3.8) is 0 Å². The Morgan fingerprint density at radius 2 is 1.88 bits per heavy atom. The van der Waals surface area contributed by atoms with Crippen molar-refractivity contribution < 1.29 is 5.11 Å². The summed E-state index contributed by atoms with van der Waals surface area (Å²) >= 11 is 5.19. The first-order valence-corrected chi connectivity index (χ1v) is 8.13. The van der Waals surface area contributed by atoms with Crippen LogP contribution in [0.4, 0.5) is 5.69 Å². The SMILES string of the molecule is CN(CCO)c1ccc(C=NNC(=S)NCc2ccccc2)cc1. The molecule has 0 saturated carbocycles. The summed E-state index contributed by atoms with van der Waals surface area (Å²) in [6, 6.07) is 18.0. The van der Waals surface area contributed by atoms with E-state index in [4.69, 9.17) is 17.3 Å². The zero-order valence-electron chi connectivity index (χ0n) is 13.6. The van der Waals surface area contributed by atoms with Crippen molar-refractivity contribution >= 4 is 29.2 Å². The van der Waals surface area contributed by atoms with Gasteiger partial charge in [-0.05, 0) is 35.5 Å². The fourth-order valence-electron chi connectivity index (χ4n) is 2.08. The van der Waals surface area contributed by atoms with Gasteiger partial charge in [0.05, 0.1) is 12.8 Å². The van der Waals surface area contributed by atoms with Crippen LogP contribution in [-0.2, 0) is 6.54 Å². The molecule has 2 rings (SSSR count). The molecule has 0 heterocycles. The van der Waals surface area contributed by atoms with Crippen LogP contribution in [0.5, 0.6) is 0 Å². The van der Waals surface area contributed by atoms with Gasteiger partial charge in [0, 0.05) is 25.8 Å². The van der Waals surface area contributed by atoms with Gasteiger partial charge in [-0.3, -0.25) is 5.43 Å². The topological polar surface area (TPSA) is 59.9 Å². The Kier molecular flexibility index (Phi) is 7.20. The number of nitrogens with one attached hydrogen (secondary N) is 2. The van der Waals surface area contributed by atoms with E-state index in [1.165, 1.54) is 0 Å². The maximum atomic E-state index is 8.95. The summed E-state index contributed by atoms with van der Waals surface area (Å²) in [6.07, 6.45) is 1.71. The predicted molar refractivity (Wildman–Crippen MR) is 103 cm³/mol. The van der Waals surface area contributed by atoms with E-state index in [-0.39, 0.29) is 6.61 Å². The molecule has 0 fully saturated rings. The van der Waals surface area contributed by atoms with Crippen LogP contribution in [-0.4, -0.2) is 36.6 Å². The molecule has 0 saturated heterocycles. The van der Waals surface area contributed by atoms with Gasteiger partial charge in [0.25, 0.3) is 0 Å². The summed E-state index contributed by atoms with van der Waals surface area (Å²) < 4.78 is 0. The standard InChI is InChI=1S/C18H22N4OS/c1-22(11-12-23)17-9-7-16(8-10-17)14-20-21-18(24)19-13-15-5-3-2-4-6-15/h2-10,14,23H,11-13H2,1H3,(H2,19,21,24). The minimum Gasteiger partial charge on any atom is -0.395 e. The number of aliphatic hydroxyl groups excluding tert-OH is 1. The number of benzene rings is 2. The van der Waals surface area contributed by atoms with Crippen molar-refractivity contribution in [3.05, 3.63) is 65.7 Å². The maximum Gasteiger partial charge on any atom is 0.187 e. The summed E-state index contributed by atoms with van der Waals surface area (Å²) in [6.45, 7) is 1.40. The van der Waals surface area contributed by atoms with E-state index in [0.717, 1.165) is 16.8 Å². The second kappa shape index (κ2) is 9.64. The number of hydrogen-bond acceptors (Lipinski definition) is 4. The molecule has 0 aliphatic rings. The lowest BCUT2D eigenvalue weighted by atomic mass is 10.2. The maximum absolute atomic E-state index is 8.95. The lowest BCUT2D eigenvalue weighted by Gasteiger charge is -2.17. The van der Waals surface area contributed by atoms with Crippen molar-refractivity contribution in [1.29, 1.82) is 0 Å². The molecule has 5 nitrogen and oxygen atoms in total. The normalized spacial score (nSPS) is 10.6. The van der Waals surface area contributed by atoms with Crippen molar-refractivity contribution in [2.45, 2.75) is 6.54 Å². The zero-order chi connectivity index (χ0) is 17.2. The second-order valence-corrected chi connectivity index (χ2v) is 5.68. The van der Waals surface area contributed by atoms with Crippen LogP contribution in [0, 0.1) is 0 Å². The molecule has 2 aromatic carbocycles. The Bertz CT molecular complexity index is 658. The molecule has 0 spiro atoms. The number of nitrogens with zero attached hydrogens (tertiary/aromatic N) is 2. The zero-order valence-corrected chi connectivity index (χ0v) is 14.5. The molecular formula is C18H22N4OS. The molecule has 0 atom stereocenters. The Morgan fingerprint density at radius 1 is 1.17 bits per heavy atom. The molecule has 24 heavy (non-hydrogen) atoms. The van der Waals surface area contributed by atoms with Gasteiger partial charge in [-0.25, -0.2) is 0 Å². The highest BCUT2D eigenvalue weighted by Gasteiger charge is 1.99. The number of likely N-dealkylation sites (N-methyl/N-ethyl adjacent to an activating group) is 1. The molecule has 0 aliphatic heterocycles. The van der Waals surface area contributed by atoms with Gasteiger partial charge in [0.2, 0.25) is 0 Å². The van der Waals surface area contributed by atoms with Crippen LogP contribution >= 0.6 is 12.2 Å². The summed E-state index contributed by atoms with van der Waals surface area (Å²) in [5.74, 6) is 0. The van der Waals surface area contributed by atoms with Gasteiger partial charge in [-0.1, -0.05) is 42.5 Å². The third-order valence-corrected chi connectivity index (χ3v) is 3.68. The van der Waals surface area contributed by atoms with Gasteiger partial charge >= 0.3 is 0 Å². The van der Waals surface area contributed by atoms with Gasteiger partial charge in [0.1, 0.15) is 0 Å². The number of thiocarbonyl (C=S) groups is 1. The Balaban J connectivity index is 1.77. The van der Waals surface area contributed by atoms with E-state index < -0.39 is 0 Å². The molecule has 126 valence electrons. The number of hydrogen-bond donors (Lipinski definition) is 3. The predicted octanol–water partition coefficient (Wildman–Crippen LogP) is 2.11. The number of rotatable bonds is 7. The lowest BCUT2D eigenvalue weighted by Crippen LogP contribution is -2.31. The number of anilines is 1. The van der Waals surface area contributed by atoms with Crippen LogP contribution in [0.25, 0.3) is 0 Å². The molecule has 0 aromatic heterocycles. The quantitative estimate of drug-likeness (QED) is 0.409. The molecule has 3 N–H and O–H groups in total. The first-order valence-electron chi connectivity index (χ1n) is 7.72. The average molecular weight is 342 g/mol. The second-order valence-electron chi connectivity index (χ2n) is 5.27. The summed E-state index contributed by atoms with van der Waals surface area (Å²) in [5, 5.41) is 16.7. The minimum atomic E-state index is 0.136. The fraction of sp³-hybridized carbons (Fsp3) is 0.222. The van der Waals surface area contributed by atoms with Crippen LogP contribution in [0.1, 0.15) is 11.1 Å². The summed E-state index contributed by atoms with van der Waals surface area (Å²) in [7, 11) is 1.94. The smallest absolute Gasteiger partial charge is 0.187 e. The molecule has 6 heteroatoms. The van der Waals surface area contributed by atoms with Crippen molar-refractivity contribution in [1.82, 2.24) is 10.7 Å². The Morgan fingerprint density at radius 3 is 2.54 bits per heavy atom. The van der Waals surface area contributed by atoms with Crippen molar-refractivity contribution in [2.24, 2.45) is 5.10 Å². The highest BCUT2D eigenvalue weighted by Crippen LogP contribution is 2.12.